The molecule has 11 heteroatoms. The molecule has 1 atom stereocenters. The average molecular weight is 578 g/mol. The van der Waals surface area contributed by atoms with E-state index in [0.717, 1.165) is 16.2 Å². The molecule has 0 spiro atoms. The molecule has 188 valence electrons. The number of aryl methyl sites for hydroxylation is 1. The van der Waals surface area contributed by atoms with Gasteiger partial charge in [-0.05, 0) is 48.9 Å². The van der Waals surface area contributed by atoms with Crippen LogP contribution in [0.3, 0.4) is 0 Å². The summed E-state index contributed by atoms with van der Waals surface area (Å²) in [6, 6.07) is 13.2. The maximum Gasteiger partial charge on any atom is 0.316 e. The predicted octanol–water partition coefficient (Wildman–Crippen LogP) is 6.37. The summed E-state index contributed by atoms with van der Waals surface area (Å²) in [5.41, 5.74) is 1.67. The first-order chi connectivity index (χ1) is 17.6. The van der Waals surface area contributed by atoms with Gasteiger partial charge in [0.2, 0.25) is 5.91 Å². The summed E-state index contributed by atoms with van der Waals surface area (Å²) < 4.78 is 5.47. The number of hydrogen-bond donors (Lipinski definition) is 0. The van der Waals surface area contributed by atoms with Gasteiger partial charge in [0.1, 0.15) is 5.75 Å². The number of imide groups is 1. The minimum Gasteiger partial charge on any atom is -0.426 e. The number of fused-ring (bicyclic) bond motifs is 1. The number of carbonyl (C=O) groups excluding carboxylic acids is 4. The number of halogens is 4. The van der Waals surface area contributed by atoms with E-state index < -0.39 is 23.7 Å². The second-order valence-corrected chi connectivity index (χ2v) is 10.1. The molecular weight excluding hydrogens is 562 g/mol. The number of ether oxygens (including phenoxy) is 1. The lowest BCUT2D eigenvalue weighted by Crippen LogP contribution is -2.29. The van der Waals surface area contributed by atoms with Gasteiger partial charge in [0, 0.05) is 18.7 Å². The highest BCUT2D eigenvalue weighted by atomic mass is 35.5. The molecule has 3 aromatic rings. The van der Waals surface area contributed by atoms with E-state index in [-0.39, 0.29) is 61.5 Å². The standard InChI is InChI=1S/C26H16Cl4N2O5/c1-12-3-2-4-15(9-12)31-11-13(10-17(31)33)26(36)37-16-7-5-14(6-8-16)32-24(34)18-19(25(32)35)21(28)23(30)22(29)20(18)27/h2-9,13H,10-11H2,1H3/t13-/m0/s1. The number of benzene rings is 3. The van der Waals surface area contributed by atoms with Gasteiger partial charge in [0.15, 0.2) is 0 Å². The normalized spacial score (nSPS) is 17.0. The van der Waals surface area contributed by atoms with Gasteiger partial charge in [-0.25, -0.2) is 4.90 Å². The highest BCUT2D eigenvalue weighted by molar-refractivity contribution is 6.56. The molecule has 0 aliphatic carbocycles. The third-order valence-corrected chi connectivity index (χ3v) is 7.99. The maximum atomic E-state index is 13.0. The molecule has 37 heavy (non-hydrogen) atoms. The number of nitrogens with zero attached hydrogens (tertiary/aromatic N) is 2. The van der Waals surface area contributed by atoms with Gasteiger partial charge in [-0.1, -0.05) is 58.5 Å². The second kappa shape index (κ2) is 9.65. The van der Waals surface area contributed by atoms with E-state index in [0.29, 0.717) is 0 Å². The smallest absolute Gasteiger partial charge is 0.316 e. The number of esters is 1. The van der Waals surface area contributed by atoms with Gasteiger partial charge < -0.3 is 9.64 Å². The van der Waals surface area contributed by atoms with E-state index in [2.05, 4.69) is 0 Å². The van der Waals surface area contributed by atoms with Gasteiger partial charge in [0.25, 0.3) is 11.8 Å². The fourth-order valence-corrected chi connectivity index (χ4v) is 5.37. The van der Waals surface area contributed by atoms with Crippen molar-refractivity contribution >= 4 is 81.5 Å². The molecule has 0 bridgehead atoms. The molecule has 3 amide bonds. The molecule has 0 radical (unpaired) electrons. The Morgan fingerprint density at radius 3 is 2.00 bits per heavy atom. The van der Waals surface area contributed by atoms with E-state index in [1.54, 1.807) is 4.90 Å². The van der Waals surface area contributed by atoms with Crippen LogP contribution in [-0.4, -0.2) is 30.2 Å². The lowest BCUT2D eigenvalue weighted by atomic mass is 10.1. The first-order valence-electron chi connectivity index (χ1n) is 11.0. The molecule has 2 aliphatic rings. The molecule has 1 fully saturated rings. The van der Waals surface area contributed by atoms with Crippen LogP contribution in [0.15, 0.2) is 48.5 Å². The quantitative estimate of drug-likeness (QED) is 0.118. The van der Waals surface area contributed by atoms with Crippen molar-refractivity contribution in [3.05, 3.63) is 85.3 Å². The van der Waals surface area contributed by atoms with Crippen LogP contribution < -0.4 is 14.5 Å². The third kappa shape index (κ3) is 4.36. The SMILES string of the molecule is Cc1cccc(N2C[C@@H](C(=O)Oc3ccc(N4C(=O)c5c(Cl)c(Cl)c(Cl)c(Cl)c5C4=O)cc3)CC2=O)c1. The van der Waals surface area contributed by atoms with Crippen molar-refractivity contribution in [2.24, 2.45) is 5.92 Å². The Kier molecular flexibility index (Phi) is 6.66. The Bertz CT molecular complexity index is 1460. The van der Waals surface area contributed by atoms with Crippen molar-refractivity contribution < 1.29 is 23.9 Å². The van der Waals surface area contributed by atoms with Gasteiger partial charge in [-0.3, -0.25) is 19.2 Å². The number of carbonyl (C=O) groups is 4. The monoisotopic (exact) mass is 576 g/mol. The van der Waals surface area contributed by atoms with E-state index in [4.69, 9.17) is 51.1 Å². The Morgan fingerprint density at radius 1 is 0.838 bits per heavy atom. The topological polar surface area (TPSA) is 84.0 Å². The molecule has 5 rings (SSSR count). The third-order valence-electron chi connectivity index (χ3n) is 6.19. The molecular formula is C26H16Cl4N2O5. The van der Waals surface area contributed by atoms with E-state index in [9.17, 15) is 19.2 Å². The van der Waals surface area contributed by atoms with Crippen LogP contribution >= 0.6 is 46.4 Å². The zero-order valence-electron chi connectivity index (χ0n) is 19.1. The summed E-state index contributed by atoms with van der Waals surface area (Å²) in [5.74, 6) is -2.59. The lowest BCUT2D eigenvalue weighted by Gasteiger charge is -2.17. The molecule has 0 saturated carbocycles. The van der Waals surface area contributed by atoms with Crippen LogP contribution in [-0.2, 0) is 9.59 Å². The summed E-state index contributed by atoms with van der Waals surface area (Å²) in [4.78, 5) is 53.8. The Hall–Kier alpha value is -3.10. The largest absolute Gasteiger partial charge is 0.426 e. The van der Waals surface area contributed by atoms with Crippen molar-refractivity contribution in [2.45, 2.75) is 13.3 Å². The van der Waals surface area contributed by atoms with Crippen LogP contribution in [0.5, 0.6) is 5.75 Å². The van der Waals surface area contributed by atoms with Crippen molar-refractivity contribution in [2.75, 3.05) is 16.3 Å². The number of amides is 3. The number of anilines is 2. The second-order valence-electron chi connectivity index (χ2n) is 8.61. The zero-order valence-corrected chi connectivity index (χ0v) is 22.1. The minimum atomic E-state index is -0.712. The minimum absolute atomic E-state index is 0.0343. The van der Waals surface area contributed by atoms with Crippen molar-refractivity contribution in [1.29, 1.82) is 0 Å². The summed E-state index contributed by atoms with van der Waals surface area (Å²) in [5, 5.41) is -0.570. The fraction of sp³-hybridized carbons (Fsp3) is 0.154. The fourth-order valence-electron chi connectivity index (χ4n) is 4.36. The van der Waals surface area contributed by atoms with Gasteiger partial charge in [-0.2, -0.15) is 0 Å². The van der Waals surface area contributed by atoms with Gasteiger partial charge in [0.05, 0.1) is 42.8 Å². The summed E-state index contributed by atoms with van der Waals surface area (Å²) in [7, 11) is 0. The Labute approximate surface area is 231 Å². The van der Waals surface area contributed by atoms with E-state index in [1.165, 1.54) is 24.3 Å². The van der Waals surface area contributed by atoms with Gasteiger partial charge >= 0.3 is 5.97 Å². The van der Waals surface area contributed by atoms with Crippen LogP contribution in [0.1, 0.15) is 32.7 Å². The lowest BCUT2D eigenvalue weighted by molar-refractivity contribution is -0.139. The van der Waals surface area contributed by atoms with E-state index >= 15 is 0 Å². The highest BCUT2D eigenvalue weighted by Crippen LogP contribution is 2.45. The zero-order chi connectivity index (χ0) is 26.6. The van der Waals surface area contributed by atoms with Crippen LogP contribution in [0, 0.1) is 12.8 Å². The van der Waals surface area contributed by atoms with Crippen molar-refractivity contribution in [3.8, 4) is 5.75 Å². The maximum absolute atomic E-state index is 13.0. The molecule has 2 aliphatic heterocycles. The summed E-state index contributed by atoms with van der Waals surface area (Å²) in [6.07, 6.45) is 0.0343. The first kappa shape index (κ1) is 25.5. The molecule has 1 saturated heterocycles. The number of rotatable bonds is 4. The average Bonchev–Trinajstić information content (AvgIpc) is 3.39. The molecule has 2 heterocycles. The molecule has 0 aromatic heterocycles. The van der Waals surface area contributed by atoms with E-state index in [1.807, 2.05) is 31.2 Å². The summed E-state index contributed by atoms with van der Waals surface area (Å²) >= 11 is 24.5. The highest BCUT2D eigenvalue weighted by Gasteiger charge is 2.42. The Morgan fingerprint density at radius 2 is 1.43 bits per heavy atom. The van der Waals surface area contributed by atoms with Crippen LogP contribution in [0.4, 0.5) is 11.4 Å². The van der Waals surface area contributed by atoms with Crippen molar-refractivity contribution in [3.63, 3.8) is 0 Å². The Balaban J connectivity index is 1.31. The molecule has 0 unspecified atom stereocenters. The van der Waals surface area contributed by atoms with Gasteiger partial charge in [-0.15, -0.1) is 0 Å². The predicted molar refractivity (Wildman–Crippen MR) is 141 cm³/mol. The molecule has 7 nitrogen and oxygen atoms in total. The summed E-state index contributed by atoms with van der Waals surface area (Å²) in [6.45, 7) is 2.13. The molecule has 3 aromatic carbocycles. The van der Waals surface area contributed by atoms with Crippen molar-refractivity contribution in [1.82, 2.24) is 0 Å². The van der Waals surface area contributed by atoms with Crippen LogP contribution in [0.25, 0.3) is 0 Å². The van der Waals surface area contributed by atoms with Crippen LogP contribution in [0.2, 0.25) is 20.1 Å². The number of hydrogen-bond acceptors (Lipinski definition) is 5. The first-order valence-corrected chi connectivity index (χ1v) is 12.5. The molecule has 0 N–H and O–H groups in total.